The lowest BCUT2D eigenvalue weighted by atomic mass is 9.99. The third-order valence-electron chi connectivity index (χ3n) is 9.34. The van der Waals surface area contributed by atoms with E-state index in [1.165, 1.54) is 59.2 Å². The second-order valence-corrected chi connectivity index (χ2v) is 18.0. The van der Waals surface area contributed by atoms with Crippen LogP contribution in [-0.2, 0) is 0 Å². The van der Waals surface area contributed by atoms with Gasteiger partial charge in [0.1, 0.15) is 8.07 Å². The molecule has 0 aromatic heterocycles. The summed E-state index contributed by atoms with van der Waals surface area (Å²) in [4.78, 5) is 5.20. The Morgan fingerprint density at radius 1 is 0.404 bits per heavy atom. The van der Waals surface area contributed by atoms with Crippen molar-refractivity contribution in [3.8, 4) is 33.4 Å². The minimum absolute atomic E-state index is 1.15. The van der Waals surface area contributed by atoms with Crippen LogP contribution in [0, 0.1) is 0 Å². The molecule has 0 fully saturated rings. The molecule has 226 valence electrons. The van der Waals surface area contributed by atoms with Gasteiger partial charge in [0.25, 0.3) is 0 Å². The molecule has 0 amide bonds. The van der Waals surface area contributed by atoms with Crippen LogP contribution in [-0.4, -0.2) is 8.07 Å². The van der Waals surface area contributed by atoms with Crippen LogP contribution in [0.4, 0.5) is 17.1 Å². The number of rotatable bonds is 6. The molecule has 7 aromatic carbocycles. The quantitative estimate of drug-likeness (QED) is 0.167. The predicted octanol–water partition coefficient (Wildman–Crippen LogP) is 11.4. The summed E-state index contributed by atoms with van der Waals surface area (Å²) in [5.41, 5.74) is 10.9. The van der Waals surface area contributed by atoms with Gasteiger partial charge in [0.15, 0.2) is 0 Å². The Morgan fingerprint density at radius 2 is 0.851 bits per heavy atom. The maximum atomic E-state index is 2.49. The molecule has 0 atom stereocenters. The molecule has 1 nitrogen and oxygen atoms in total. The molecule has 47 heavy (non-hydrogen) atoms. The zero-order valence-corrected chi connectivity index (χ0v) is 28.4. The number of benzene rings is 7. The fraction of sp³-hybridized carbons (Fsp3) is 0.0455. The molecule has 1 heterocycles. The van der Waals surface area contributed by atoms with Gasteiger partial charge in [0.05, 0.1) is 5.69 Å². The molecule has 0 saturated carbocycles. The molecule has 0 saturated heterocycles. The van der Waals surface area contributed by atoms with Crippen molar-refractivity contribution in [1.82, 2.24) is 0 Å². The minimum Gasteiger partial charge on any atom is -0.309 e. The highest BCUT2D eigenvalue weighted by molar-refractivity contribution is 8.00. The molecule has 1 aliphatic heterocycles. The summed E-state index contributed by atoms with van der Waals surface area (Å²) in [6, 6.07) is 64.1. The summed E-state index contributed by atoms with van der Waals surface area (Å²) in [5, 5.41) is 3.02. The van der Waals surface area contributed by atoms with Crippen molar-refractivity contribution in [2.24, 2.45) is 0 Å². The Hall–Kier alpha value is -5.09. The van der Waals surface area contributed by atoms with Gasteiger partial charge in [-0.2, -0.15) is 0 Å². The molecule has 7 aromatic rings. The number of hydrogen-bond acceptors (Lipinski definition) is 2. The average Bonchev–Trinajstić information content (AvgIpc) is 3.13. The first-order valence-corrected chi connectivity index (χ1v) is 20.0. The summed E-state index contributed by atoms with van der Waals surface area (Å²) in [5.74, 6) is 0. The molecule has 1 aliphatic rings. The topological polar surface area (TPSA) is 3.24 Å². The van der Waals surface area contributed by atoms with E-state index in [0.29, 0.717) is 0 Å². The van der Waals surface area contributed by atoms with Crippen LogP contribution in [0.15, 0.2) is 186 Å². The molecule has 0 unspecified atom stereocenters. The van der Waals surface area contributed by atoms with Gasteiger partial charge in [-0.05, 0) is 86.2 Å². The third-order valence-corrected chi connectivity index (χ3v) is 14.5. The van der Waals surface area contributed by atoms with E-state index < -0.39 is 8.07 Å². The normalized spacial score (nSPS) is 13.0. The molecule has 8 rings (SSSR count). The molecule has 0 spiro atoms. The van der Waals surface area contributed by atoms with E-state index in [0.717, 1.165) is 11.4 Å². The largest absolute Gasteiger partial charge is 0.309 e. The Morgan fingerprint density at radius 3 is 1.47 bits per heavy atom. The molecule has 0 N–H and O–H groups in total. The summed E-state index contributed by atoms with van der Waals surface area (Å²) < 4.78 is 0. The zero-order valence-electron chi connectivity index (χ0n) is 26.6. The fourth-order valence-electron chi connectivity index (χ4n) is 6.80. The maximum Gasteiger partial charge on any atom is 0.115 e. The molecular weight excluding hydrogens is 603 g/mol. The van der Waals surface area contributed by atoms with Crippen molar-refractivity contribution in [1.29, 1.82) is 0 Å². The monoisotopic (exact) mass is 637 g/mol. The van der Waals surface area contributed by atoms with E-state index >= 15 is 0 Å². The SMILES string of the molecule is C[Si]1(C)c2ccccc2Sc2c(N(c3ccc(-c4ccccc4)cc3)c3ccc(-c4cccc(-c5ccccc5)c4)cc3)cccc21. The van der Waals surface area contributed by atoms with Crippen molar-refractivity contribution in [2.45, 2.75) is 22.9 Å². The van der Waals surface area contributed by atoms with Crippen LogP contribution in [0.5, 0.6) is 0 Å². The van der Waals surface area contributed by atoms with Crippen LogP contribution in [0.1, 0.15) is 0 Å². The second-order valence-electron chi connectivity index (χ2n) is 12.6. The van der Waals surface area contributed by atoms with Gasteiger partial charge in [-0.15, -0.1) is 0 Å². The van der Waals surface area contributed by atoms with Gasteiger partial charge >= 0.3 is 0 Å². The van der Waals surface area contributed by atoms with E-state index in [-0.39, 0.29) is 0 Å². The molecule has 3 heteroatoms. The fourth-order valence-corrected chi connectivity index (χ4v) is 12.3. The van der Waals surface area contributed by atoms with Gasteiger partial charge in [-0.25, -0.2) is 0 Å². The van der Waals surface area contributed by atoms with Crippen LogP contribution in [0.3, 0.4) is 0 Å². The van der Waals surface area contributed by atoms with Crippen molar-refractivity contribution < 1.29 is 0 Å². The zero-order chi connectivity index (χ0) is 31.8. The van der Waals surface area contributed by atoms with Crippen LogP contribution < -0.4 is 15.3 Å². The third kappa shape index (κ3) is 5.52. The summed E-state index contributed by atoms with van der Waals surface area (Å²) in [7, 11) is -1.90. The first-order chi connectivity index (χ1) is 23.1. The van der Waals surface area contributed by atoms with E-state index in [4.69, 9.17) is 0 Å². The lowest BCUT2D eigenvalue weighted by Crippen LogP contribution is -2.56. The number of anilines is 3. The van der Waals surface area contributed by atoms with Gasteiger partial charge < -0.3 is 4.90 Å². The standard InChI is InChI=1S/C44H35NSSi/c1-47(2)42-21-10-9-20-41(42)46-44-40(19-12-22-43(44)47)45(38-27-23-34(24-28-38)32-13-5-3-6-14-32)39-29-25-35(26-30-39)37-18-11-17-36(31-37)33-15-7-4-8-16-33/h3-31H,1-2H3. The van der Waals surface area contributed by atoms with Gasteiger partial charge in [0, 0.05) is 21.2 Å². The maximum absolute atomic E-state index is 2.49. The molecule has 0 bridgehead atoms. The Labute approximate surface area is 283 Å². The second kappa shape index (κ2) is 12.3. The Balaban J connectivity index is 1.23. The van der Waals surface area contributed by atoms with Gasteiger partial charge in [0.2, 0.25) is 0 Å². The minimum atomic E-state index is -1.90. The summed E-state index contributed by atoms with van der Waals surface area (Å²) in [6.07, 6.45) is 0. The van der Waals surface area contributed by atoms with Gasteiger partial charge in [-0.3, -0.25) is 0 Å². The smallest absolute Gasteiger partial charge is 0.115 e. The van der Waals surface area contributed by atoms with Crippen molar-refractivity contribution >= 4 is 47.3 Å². The van der Waals surface area contributed by atoms with E-state index in [1.807, 2.05) is 11.8 Å². The lowest BCUT2D eigenvalue weighted by molar-refractivity contribution is 1.23. The molecule has 0 radical (unpaired) electrons. The van der Waals surface area contributed by atoms with E-state index in [1.54, 1.807) is 0 Å². The number of hydrogen-bond donors (Lipinski definition) is 0. The van der Waals surface area contributed by atoms with Crippen molar-refractivity contribution in [3.05, 3.63) is 176 Å². The molecule has 0 aliphatic carbocycles. The van der Waals surface area contributed by atoms with Crippen LogP contribution in [0.2, 0.25) is 13.1 Å². The highest BCUT2D eigenvalue weighted by Crippen LogP contribution is 2.45. The Bertz CT molecular complexity index is 2170. The number of fused-ring (bicyclic) bond motifs is 2. The number of nitrogens with zero attached hydrogens (tertiary/aromatic N) is 1. The first-order valence-electron chi connectivity index (χ1n) is 16.2. The predicted molar refractivity (Wildman–Crippen MR) is 205 cm³/mol. The molecular formula is C44H35NSSi. The van der Waals surface area contributed by atoms with Crippen LogP contribution in [0.25, 0.3) is 33.4 Å². The van der Waals surface area contributed by atoms with Crippen LogP contribution >= 0.6 is 11.8 Å². The highest BCUT2D eigenvalue weighted by Gasteiger charge is 2.37. The lowest BCUT2D eigenvalue weighted by Gasteiger charge is -2.36. The highest BCUT2D eigenvalue weighted by atomic mass is 32.2. The van der Waals surface area contributed by atoms with E-state index in [2.05, 4.69) is 194 Å². The summed E-state index contributed by atoms with van der Waals surface area (Å²) >= 11 is 1.92. The average molecular weight is 638 g/mol. The van der Waals surface area contributed by atoms with Crippen molar-refractivity contribution in [2.75, 3.05) is 4.90 Å². The van der Waals surface area contributed by atoms with Gasteiger partial charge in [-0.1, -0.05) is 158 Å². The first kappa shape index (κ1) is 29.3. The van der Waals surface area contributed by atoms with Crippen molar-refractivity contribution in [3.63, 3.8) is 0 Å². The van der Waals surface area contributed by atoms with E-state index in [9.17, 15) is 0 Å². The summed E-state index contributed by atoms with van der Waals surface area (Å²) in [6.45, 7) is 4.98. The Kier molecular flexibility index (Phi) is 7.65.